The molecule has 2 N–H and O–H groups in total. The molecule has 2 radical (unpaired) electrons. The Morgan fingerprint density at radius 2 is 2.06 bits per heavy atom. The summed E-state index contributed by atoms with van der Waals surface area (Å²) >= 11 is 0. The number of carbonyl (C=O) groups excluding carboxylic acids is 2. The molecule has 0 spiro atoms. The third kappa shape index (κ3) is 3.68. The number of aliphatic hydroxyl groups excluding tert-OH is 2. The molecule has 0 bridgehead atoms. The lowest BCUT2D eigenvalue weighted by Gasteiger charge is -2.60. The van der Waals surface area contributed by atoms with E-state index in [1.54, 1.807) is 12.2 Å². The Bertz CT molecular complexity index is 863. The highest BCUT2D eigenvalue weighted by molar-refractivity contribution is 6.01. The van der Waals surface area contributed by atoms with E-state index in [0.29, 0.717) is 38.9 Å². The van der Waals surface area contributed by atoms with Gasteiger partial charge in [0.2, 0.25) is 0 Å². The standard InChI is InChI=1S/C28H40O6/c1-5-7-13-34-28(23(32)17-29)24(33-12-6-2)15-21-20-9-8-18-14-19(30)10-11-26(18,3)25(20)22(31)16-27(21,28)4/h1,10-11,14,20-22,24-25,29,31H,5-9,12-13,15-17H2,2-4H3/t20-,21?,22-,24+,25?,26-,27-,28+/m0/s1. The van der Waals surface area contributed by atoms with Gasteiger partial charge < -0.3 is 19.7 Å². The van der Waals surface area contributed by atoms with Crippen LogP contribution >= 0.6 is 0 Å². The van der Waals surface area contributed by atoms with Crippen LogP contribution in [0.15, 0.2) is 23.8 Å². The van der Waals surface area contributed by atoms with Crippen LogP contribution in [0.2, 0.25) is 0 Å². The van der Waals surface area contributed by atoms with Gasteiger partial charge in [-0.05, 0) is 75.9 Å². The molecular formula is C28H40O6. The molecule has 3 fully saturated rings. The molecule has 34 heavy (non-hydrogen) atoms. The molecule has 0 aliphatic heterocycles. The molecule has 188 valence electrons. The van der Waals surface area contributed by atoms with E-state index in [1.807, 2.05) is 13.0 Å². The van der Waals surface area contributed by atoms with Crippen molar-refractivity contribution in [3.63, 3.8) is 0 Å². The second kappa shape index (κ2) is 9.61. The Hall–Kier alpha value is -1.34. The topological polar surface area (TPSA) is 93.1 Å². The molecule has 6 nitrogen and oxygen atoms in total. The van der Waals surface area contributed by atoms with E-state index in [0.717, 1.165) is 24.8 Å². The van der Waals surface area contributed by atoms with E-state index >= 15 is 0 Å². The monoisotopic (exact) mass is 472 g/mol. The van der Waals surface area contributed by atoms with Crippen LogP contribution in [0, 0.1) is 35.5 Å². The molecular weight excluding hydrogens is 432 g/mol. The largest absolute Gasteiger partial charge is 0.393 e. The van der Waals surface area contributed by atoms with Crippen LogP contribution in [-0.4, -0.2) is 59.4 Å². The van der Waals surface area contributed by atoms with Gasteiger partial charge in [-0.25, -0.2) is 0 Å². The van der Waals surface area contributed by atoms with Gasteiger partial charge in [0.1, 0.15) is 6.61 Å². The van der Waals surface area contributed by atoms with Crippen molar-refractivity contribution in [2.75, 3.05) is 19.8 Å². The molecule has 0 heterocycles. The zero-order chi connectivity index (χ0) is 24.7. The smallest absolute Gasteiger partial charge is 0.193 e. The van der Waals surface area contributed by atoms with Crippen molar-refractivity contribution in [3.8, 4) is 0 Å². The first-order valence-electron chi connectivity index (χ1n) is 12.9. The van der Waals surface area contributed by atoms with Crippen LogP contribution in [0.1, 0.15) is 65.7 Å². The van der Waals surface area contributed by atoms with Crippen molar-refractivity contribution >= 4 is 11.6 Å². The second-order valence-electron chi connectivity index (χ2n) is 11.1. The molecule has 3 saturated carbocycles. The Morgan fingerprint density at radius 1 is 1.29 bits per heavy atom. The number of rotatable bonds is 9. The Labute approximate surface area is 203 Å². The van der Waals surface area contributed by atoms with Gasteiger partial charge in [-0.1, -0.05) is 32.4 Å². The molecule has 2 unspecified atom stereocenters. The van der Waals surface area contributed by atoms with E-state index in [1.165, 1.54) is 0 Å². The van der Waals surface area contributed by atoms with Gasteiger partial charge in [0.25, 0.3) is 0 Å². The predicted molar refractivity (Wildman–Crippen MR) is 128 cm³/mol. The quantitative estimate of drug-likeness (QED) is 0.499. The summed E-state index contributed by atoms with van der Waals surface area (Å²) in [7, 11) is 0. The first-order valence-corrected chi connectivity index (χ1v) is 12.9. The summed E-state index contributed by atoms with van der Waals surface area (Å²) in [6.45, 7) is 12.1. The number of aliphatic hydroxyl groups is 2. The molecule has 6 heteroatoms. The third-order valence-corrected chi connectivity index (χ3v) is 9.41. The van der Waals surface area contributed by atoms with Crippen molar-refractivity contribution in [2.24, 2.45) is 28.6 Å². The normalized spacial score (nSPS) is 43.2. The average Bonchev–Trinajstić information content (AvgIpc) is 3.05. The van der Waals surface area contributed by atoms with Crippen molar-refractivity contribution in [1.82, 2.24) is 0 Å². The van der Waals surface area contributed by atoms with E-state index < -0.39 is 29.8 Å². The summed E-state index contributed by atoms with van der Waals surface area (Å²) in [5, 5.41) is 21.7. The number of fused-ring (bicyclic) bond motifs is 5. The molecule has 4 aliphatic carbocycles. The maximum atomic E-state index is 13.5. The lowest BCUT2D eigenvalue weighted by Crippen LogP contribution is -2.65. The van der Waals surface area contributed by atoms with Crippen LogP contribution in [-0.2, 0) is 19.1 Å². The molecule has 0 aromatic heterocycles. The summed E-state index contributed by atoms with van der Waals surface area (Å²) in [6, 6.07) is 0. The fraction of sp³-hybridized carbons (Fsp3) is 0.750. The average molecular weight is 473 g/mol. The summed E-state index contributed by atoms with van der Waals surface area (Å²) in [5.41, 5.74) is -1.30. The van der Waals surface area contributed by atoms with Crippen LogP contribution in [0.4, 0.5) is 0 Å². The highest BCUT2D eigenvalue weighted by Gasteiger charge is 2.73. The summed E-state index contributed by atoms with van der Waals surface area (Å²) in [5.74, 6) is -0.179. The molecule has 4 rings (SSSR count). The minimum Gasteiger partial charge on any atom is -0.393 e. The van der Waals surface area contributed by atoms with E-state index in [9.17, 15) is 19.8 Å². The van der Waals surface area contributed by atoms with Crippen LogP contribution < -0.4 is 0 Å². The minimum atomic E-state index is -1.32. The van der Waals surface area contributed by atoms with E-state index in [4.69, 9.17) is 16.4 Å². The van der Waals surface area contributed by atoms with Gasteiger partial charge in [-0.15, -0.1) is 0 Å². The van der Waals surface area contributed by atoms with Gasteiger partial charge in [0.05, 0.1) is 12.2 Å². The van der Waals surface area contributed by atoms with Crippen LogP contribution in [0.3, 0.4) is 0 Å². The zero-order valence-corrected chi connectivity index (χ0v) is 20.8. The third-order valence-electron chi connectivity index (χ3n) is 9.41. The van der Waals surface area contributed by atoms with Crippen molar-refractivity contribution in [1.29, 1.82) is 0 Å². The maximum Gasteiger partial charge on any atom is 0.193 e. The SMILES string of the molecule is [CH]CCCO[C@]1(C(=O)CO)[C@H](OCCC)CC2[C@@H]3CCC4=CC(=O)C=C[C@]4(C)C3[C@@H](O)C[C@@]21C. The number of Topliss-reactive ketones (excluding diaryl/α,β-unsaturated/α-hetero) is 1. The lowest BCUT2D eigenvalue weighted by atomic mass is 9.46. The number of allylic oxidation sites excluding steroid dienone is 4. The highest BCUT2D eigenvalue weighted by atomic mass is 16.6. The first kappa shape index (κ1) is 25.7. The number of hydrogen-bond acceptors (Lipinski definition) is 6. The van der Waals surface area contributed by atoms with Gasteiger partial charge in [-0.3, -0.25) is 9.59 Å². The van der Waals surface area contributed by atoms with Crippen LogP contribution in [0.25, 0.3) is 0 Å². The van der Waals surface area contributed by atoms with Crippen LogP contribution in [0.5, 0.6) is 0 Å². The van der Waals surface area contributed by atoms with Gasteiger partial charge in [0, 0.05) is 30.0 Å². The first-order chi connectivity index (χ1) is 16.2. The van der Waals surface area contributed by atoms with E-state index in [-0.39, 0.29) is 34.7 Å². The predicted octanol–water partition coefficient (Wildman–Crippen LogP) is 3.48. The minimum absolute atomic E-state index is 0.0100. The maximum absolute atomic E-state index is 13.5. The Morgan fingerprint density at radius 3 is 2.74 bits per heavy atom. The van der Waals surface area contributed by atoms with Gasteiger partial charge >= 0.3 is 0 Å². The fourth-order valence-corrected chi connectivity index (χ4v) is 8.01. The number of unbranched alkanes of at least 4 members (excludes halogenated alkanes) is 1. The van der Waals surface area contributed by atoms with Crippen molar-refractivity contribution in [2.45, 2.75) is 83.5 Å². The summed E-state index contributed by atoms with van der Waals surface area (Å²) in [6.07, 6.45) is 8.71. The molecule has 8 atom stereocenters. The number of ether oxygens (including phenoxy) is 2. The summed E-state index contributed by atoms with van der Waals surface area (Å²) in [4.78, 5) is 25.6. The van der Waals surface area contributed by atoms with Crippen molar-refractivity contribution in [3.05, 3.63) is 30.7 Å². The summed E-state index contributed by atoms with van der Waals surface area (Å²) < 4.78 is 12.7. The number of ketones is 2. The Balaban J connectivity index is 1.78. The number of carbonyl (C=O) groups is 2. The molecule has 0 aromatic rings. The lowest BCUT2D eigenvalue weighted by molar-refractivity contribution is -0.213. The van der Waals surface area contributed by atoms with Crippen molar-refractivity contribution < 1.29 is 29.3 Å². The molecule has 0 amide bonds. The molecule has 0 saturated heterocycles. The second-order valence-corrected chi connectivity index (χ2v) is 11.1. The molecule has 0 aromatic carbocycles. The zero-order valence-electron chi connectivity index (χ0n) is 20.8. The fourth-order valence-electron chi connectivity index (χ4n) is 8.01. The number of hydrogen-bond donors (Lipinski definition) is 2. The molecule has 4 aliphatic rings. The van der Waals surface area contributed by atoms with E-state index in [2.05, 4.69) is 13.8 Å². The van der Waals surface area contributed by atoms with Gasteiger partial charge in [0.15, 0.2) is 17.2 Å². The Kier molecular flexibility index (Phi) is 7.27. The highest BCUT2D eigenvalue weighted by Crippen LogP contribution is 2.68. The van der Waals surface area contributed by atoms with Gasteiger partial charge in [-0.2, -0.15) is 0 Å².